The first kappa shape index (κ1) is 13.1. The van der Waals surface area contributed by atoms with E-state index in [-0.39, 0.29) is 18.4 Å². The van der Waals surface area contributed by atoms with Crippen molar-refractivity contribution in [2.45, 2.75) is 32.2 Å². The van der Waals surface area contributed by atoms with Gasteiger partial charge in [0.1, 0.15) is 0 Å². The molecular weight excluding hydrogens is 296 g/mol. The van der Waals surface area contributed by atoms with Crippen LogP contribution in [0.25, 0.3) is 0 Å². The van der Waals surface area contributed by atoms with E-state index in [2.05, 4.69) is 15.9 Å². The third kappa shape index (κ3) is 2.90. The highest BCUT2D eigenvalue weighted by molar-refractivity contribution is 9.10. The molecule has 1 heterocycles. The Hall–Kier alpha value is -1.36. The molecule has 0 bridgehead atoms. The topological polar surface area (TPSA) is 63.4 Å². The van der Waals surface area contributed by atoms with Crippen molar-refractivity contribution in [2.75, 3.05) is 5.73 Å². The standard InChI is InChI=1S/C13H15BrN2O2/c14-10-6-5-9(11(15)7-10)8-16-12(17)3-1-2-4-13(16)18/h5-7H,1-4,8,15H2. The second kappa shape index (κ2) is 5.52. The van der Waals surface area contributed by atoms with Gasteiger partial charge in [-0.05, 0) is 30.5 Å². The van der Waals surface area contributed by atoms with Gasteiger partial charge in [-0.2, -0.15) is 0 Å². The molecule has 1 fully saturated rings. The Morgan fingerprint density at radius 1 is 1.17 bits per heavy atom. The molecule has 0 radical (unpaired) electrons. The first-order valence-corrected chi connectivity index (χ1v) is 6.74. The van der Waals surface area contributed by atoms with Crippen molar-refractivity contribution in [3.05, 3.63) is 28.2 Å². The van der Waals surface area contributed by atoms with Crippen LogP contribution in [0, 0.1) is 0 Å². The van der Waals surface area contributed by atoms with Gasteiger partial charge < -0.3 is 5.73 Å². The van der Waals surface area contributed by atoms with E-state index < -0.39 is 0 Å². The summed E-state index contributed by atoms with van der Waals surface area (Å²) in [6, 6.07) is 5.48. The van der Waals surface area contributed by atoms with Crippen LogP contribution in [-0.2, 0) is 16.1 Å². The van der Waals surface area contributed by atoms with Gasteiger partial charge in [0.2, 0.25) is 11.8 Å². The van der Waals surface area contributed by atoms with Gasteiger partial charge >= 0.3 is 0 Å². The van der Waals surface area contributed by atoms with Crippen LogP contribution in [0.15, 0.2) is 22.7 Å². The van der Waals surface area contributed by atoms with Crippen molar-refractivity contribution in [3.63, 3.8) is 0 Å². The largest absolute Gasteiger partial charge is 0.398 e. The van der Waals surface area contributed by atoms with Gasteiger partial charge in [0, 0.05) is 23.0 Å². The maximum absolute atomic E-state index is 11.9. The number of nitrogen functional groups attached to an aromatic ring is 1. The second-order valence-corrected chi connectivity index (χ2v) is 5.34. The van der Waals surface area contributed by atoms with Gasteiger partial charge in [-0.25, -0.2) is 0 Å². The van der Waals surface area contributed by atoms with Crippen molar-refractivity contribution in [3.8, 4) is 0 Å². The predicted octanol–water partition coefficient (Wildman–Crippen LogP) is 2.46. The highest BCUT2D eigenvalue weighted by Crippen LogP contribution is 2.22. The maximum atomic E-state index is 11.9. The molecule has 0 unspecified atom stereocenters. The lowest BCUT2D eigenvalue weighted by atomic mass is 10.1. The van der Waals surface area contributed by atoms with E-state index in [1.807, 2.05) is 12.1 Å². The first-order chi connectivity index (χ1) is 8.58. The molecule has 1 saturated heterocycles. The Bertz CT molecular complexity index is 470. The zero-order valence-corrected chi connectivity index (χ0v) is 11.6. The van der Waals surface area contributed by atoms with E-state index in [4.69, 9.17) is 5.73 Å². The van der Waals surface area contributed by atoms with E-state index in [0.29, 0.717) is 18.5 Å². The predicted molar refractivity (Wildman–Crippen MR) is 72.6 cm³/mol. The molecule has 2 N–H and O–H groups in total. The van der Waals surface area contributed by atoms with Gasteiger partial charge in [-0.15, -0.1) is 0 Å². The molecule has 1 aromatic carbocycles. The van der Waals surface area contributed by atoms with Crippen LogP contribution in [0.5, 0.6) is 0 Å². The molecule has 1 aromatic rings. The minimum atomic E-state index is -0.0974. The minimum absolute atomic E-state index is 0.0974. The van der Waals surface area contributed by atoms with Gasteiger partial charge in [-0.3, -0.25) is 14.5 Å². The number of carbonyl (C=O) groups is 2. The monoisotopic (exact) mass is 310 g/mol. The van der Waals surface area contributed by atoms with Crippen molar-refractivity contribution >= 4 is 33.4 Å². The summed E-state index contributed by atoms with van der Waals surface area (Å²) in [4.78, 5) is 25.1. The lowest BCUT2D eigenvalue weighted by molar-refractivity contribution is -0.144. The molecule has 0 aliphatic carbocycles. The molecule has 0 aromatic heterocycles. The number of nitrogens with two attached hydrogens (primary N) is 1. The zero-order valence-electron chi connectivity index (χ0n) is 9.99. The smallest absolute Gasteiger partial charge is 0.229 e. The fraction of sp³-hybridized carbons (Fsp3) is 0.385. The second-order valence-electron chi connectivity index (χ2n) is 4.42. The van der Waals surface area contributed by atoms with Crippen LogP contribution >= 0.6 is 15.9 Å². The molecule has 0 saturated carbocycles. The Labute approximate surface area is 114 Å². The molecule has 2 rings (SSSR count). The van der Waals surface area contributed by atoms with E-state index in [1.165, 1.54) is 4.90 Å². The Morgan fingerprint density at radius 3 is 2.33 bits per heavy atom. The molecule has 18 heavy (non-hydrogen) atoms. The van der Waals surface area contributed by atoms with Crippen molar-refractivity contribution in [2.24, 2.45) is 0 Å². The molecule has 1 aliphatic heterocycles. The number of benzene rings is 1. The Morgan fingerprint density at radius 2 is 1.78 bits per heavy atom. The highest BCUT2D eigenvalue weighted by atomic mass is 79.9. The summed E-state index contributed by atoms with van der Waals surface area (Å²) in [6.07, 6.45) is 2.47. The molecule has 0 spiro atoms. The van der Waals surface area contributed by atoms with Gasteiger partial charge in [0.15, 0.2) is 0 Å². The summed E-state index contributed by atoms with van der Waals surface area (Å²) in [5.74, 6) is -0.195. The van der Waals surface area contributed by atoms with Crippen LogP contribution < -0.4 is 5.73 Å². The number of imide groups is 1. The number of carbonyl (C=O) groups excluding carboxylic acids is 2. The SMILES string of the molecule is Nc1cc(Br)ccc1CN1C(=O)CCCCC1=O. The van der Waals surface area contributed by atoms with Gasteiger partial charge in [-0.1, -0.05) is 22.0 Å². The van der Waals surface area contributed by atoms with Gasteiger partial charge in [0.05, 0.1) is 6.54 Å². The normalized spacial score (nSPS) is 16.8. The molecular formula is C13H15BrN2O2. The minimum Gasteiger partial charge on any atom is -0.398 e. The quantitative estimate of drug-likeness (QED) is 0.674. The van der Waals surface area contributed by atoms with Crippen LogP contribution in [0.2, 0.25) is 0 Å². The average molecular weight is 311 g/mol. The number of hydrogen-bond donors (Lipinski definition) is 1. The number of anilines is 1. The number of nitrogens with zero attached hydrogens (tertiary/aromatic N) is 1. The molecule has 0 atom stereocenters. The Balaban J connectivity index is 2.20. The number of halogens is 1. The third-order valence-electron chi connectivity index (χ3n) is 3.07. The van der Waals surface area contributed by atoms with Crippen LogP contribution in [0.1, 0.15) is 31.2 Å². The number of rotatable bonds is 2. The lowest BCUT2D eigenvalue weighted by Gasteiger charge is -2.19. The molecule has 2 amide bonds. The summed E-state index contributed by atoms with van der Waals surface area (Å²) in [5, 5.41) is 0. The lowest BCUT2D eigenvalue weighted by Crippen LogP contribution is -2.34. The molecule has 4 nitrogen and oxygen atoms in total. The molecule has 96 valence electrons. The van der Waals surface area contributed by atoms with Crippen molar-refractivity contribution < 1.29 is 9.59 Å². The Kier molecular flexibility index (Phi) is 4.01. The van der Waals surface area contributed by atoms with Crippen molar-refractivity contribution in [1.29, 1.82) is 0 Å². The summed E-state index contributed by atoms with van der Waals surface area (Å²) in [5.41, 5.74) is 7.29. The van der Waals surface area contributed by atoms with Crippen LogP contribution in [0.4, 0.5) is 5.69 Å². The van der Waals surface area contributed by atoms with E-state index >= 15 is 0 Å². The van der Waals surface area contributed by atoms with Crippen LogP contribution in [-0.4, -0.2) is 16.7 Å². The average Bonchev–Trinajstić information content (AvgIpc) is 2.47. The fourth-order valence-corrected chi connectivity index (χ4v) is 2.40. The molecule has 1 aliphatic rings. The maximum Gasteiger partial charge on any atom is 0.229 e. The van der Waals surface area contributed by atoms with E-state index in [9.17, 15) is 9.59 Å². The van der Waals surface area contributed by atoms with Crippen molar-refractivity contribution in [1.82, 2.24) is 4.90 Å². The summed E-state index contributed by atoms with van der Waals surface area (Å²) >= 11 is 3.33. The summed E-state index contributed by atoms with van der Waals surface area (Å²) in [6.45, 7) is 0.275. The van der Waals surface area contributed by atoms with Gasteiger partial charge in [0.25, 0.3) is 0 Å². The summed E-state index contributed by atoms with van der Waals surface area (Å²) < 4.78 is 0.886. The van der Waals surface area contributed by atoms with Crippen LogP contribution in [0.3, 0.4) is 0 Å². The third-order valence-corrected chi connectivity index (χ3v) is 3.56. The number of hydrogen-bond acceptors (Lipinski definition) is 3. The number of amides is 2. The first-order valence-electron chi connectivity index (χ1n) is 5.95. The van der Waals surface area contributed by atoms with E-state index in [0.717, 1.165) is 22.9 Å². The highest BCUT2D eigenvalue weighted by Gasteiger charge is 2.24. The molecule has 5 heteroatoms. The fourth-order valence-electron chi connectivity index (χ4n) is 2.02. The number of likely N-dealkylation sites (tertiary alicyclic amines) is 1. The summed E-state index contributed by atoms with van der Waals surface area (Å²) in [7, 11) is 0. The zero-order chi connectivity index (χ0) is 13.1. The van der Waals surface area contributed by atoms with E-state index in [1.54, 1.807) is 6.07 Å².